The predicted molar refractivity (Wildman–Crippen MR) is 93.7 cm³/mol. The summed E-state index contributed by atoms with van der Waals surface area (Å²) < 4.78 is 17.9. The van der Waals surface area contributed by atoms with Gasteiger partial charge in [-0.05, 0) is 37.6 Å². The Morgan fingerprint density at radius 3 is 2.65 bits per heavy atom. The molecular weight excluding hydrogens is 310 g/mol. The third kappa shape index (κ3) is 3.62. The molecule has 0 saturated carbocycles. The largest absolute Gasteiger partial charge is 0.456 e. The van der Waals surface area contributed by atoms with Crippen molar-refractivity contribution >= 4 is 38.6 Å². The van der Waals surface area contributed by atoms with Gasteiger partial charge in [0.25, 0.3) is 0 Å². The number of carbonyl (C=O) groups excluding carboxylic acids is 1. The number of hydrogen-bond acceptors (Lipinski definition) is 3. The minimum Gasteiger partial charge on any atom is -0.456 e. The zero-order valence-corrected chi connectivity index (χ0v) is 14.0. The van der Waals surface area contributed by atoms with Crippen molar-refractivity contribution in [2.24, 2.45) is 0 Å². The van der Waals surface area contributed by atoms with Gasteiger partial charge in [-0.1, -0.05) is 24.3 Å². The Kier molecular flexibility index (Phi) is 4.48. The summed E-state index contributed by atoms with van der Waals surface area (Å²) in [7, 11) is -1.22. The molecule has 1 unspecified atom stereocenters. The van der Waals surface area contributed by atoms with Crippen molar-refractivity contribution in [3.63, 3.8) is 0 Å². The summed E-state index contributed by atoms with van der Waals surface area (Å²) >= 11 is 0. The van der Waals surface area contributed by atoms with Gasteiger partial charge in [0.2, 0.25) is 5.91 Å². The Morgan fingerprint density at radius 1 is 1.13 bits per heavy atom. The molecule has 1 atom stereocenters. The molecule has 2 aromatic carbocycles. The fourth-order valence-corrected chi connectivity index (χ4v) is 3.64. The van der Waals surface area contributed by atoms with Crippen molar-refractivity contribution in [3.05, 3.63) is 48.0 Å². The van der Waals surface area contributed by atoms with E-state index in [-0.39, 0.29) is 17.7 Å². The molecule has 1 amide bonds. The van der Waals surface area contributed by atoms with Crippen LogP contribution in [0.5, 0.6) is 0 Å². The van der Waals surface area contributed by atoms with Crippen LogP contribution in [-0.4, -0.2) is 21.9 Å². The Bertz CT molecular complexity index is 882. The van der Waals surface area contributed by atoms with Gasteiger partial charge in [-0.2, -0.15) is 0 Å². The molecule has 3 rings (SSSR count). The summed E-state index contributed by atoms with van der Waals surface area (Å²) in [4.78, 5) is 11.7. The molecule has 0 aliphatic carbocycles. The lowest BCUT2D eigenvalue weighted by Crippen LogP contribution is -2.33. The van der Waals surface area contributed by atoms with Crippen molar-refractivity contribution in [1.29, 1.82) is 0 Å². The fourth-order valence-electron chi connectivity index (χ4n) is 2.61. The zero-order valence-electron chi connectivity index (χ0n) is 13.2. The Balaban J connectivity index is 1.79. The quantitative estimate of drug-likeness (QED) is 0.781. The lowest BCUT2D eigenvalue weighted by molar-refractivity contribution is -0.119. The highest BCUT2D eigenvalue weighted by atomic mass is 32.2. The van der Waals surface area contributed by atoms with Crippen LogP contribution in [0.2, 0.25) is 0 Å². The minimum absolute atomic E-state index is 0.0301. The smallest absolute Gasteiger partial charge is 0.232 e. The maximum Gasteiger partial charge on any atom is 0.232 e. The van der Waals surface area contributed by atoms with Crippen molar-refractivity contribution in [3.8, 4) is 0 Å². The van der Waals surface area contributed by atoms with Crippen molar-refractivity contribution in [2.75, 3.05) is 5.75 Å². The van der Waals surface area contributed by atoms with Crippen LogP contribution in [0, 0.1) is 0 Å². The molecule has 5 heteroatoms. The van der Waals surface area contributed by atoms with Crippen LogP contribution in [0.3, 0.4) is 0 Å². The number of nitrogens with one attached hydrogen (secondary N) is 1. The Labute approximate surface area is 137 Å². The topological polar surface area (TPSA) is 59.3 Å². The minimum atomic E-state index is -1.22. The van der Waals surface area contributed by atoms with Crippen LogP contribution < -0.4 is 5.32 Å². The van der Waals surface area contributed by atoms with Crippen LogP contribution in [0.15, 0.2) is 46.9 Å². The van der Waals surface area contributed by atoms with Gasteiger partial charge in [-0.15, -0.1) is 0 Å². The molecule has 0 spiro atoms. The average molecular weight is 329 g/mol. The number of para-hydroxylation sites is 1. The second-order valence-corrected chi connectivity index (χ2v) is 7.34. The summed E-state index contributed by atoms with van der Waals surface area (Å²) in [6.45, 7) is 3.78. The Hall–Kier alpha value is -2.14. The molecule has 3 aromatic rings. The lowest BCUT2D eigenvalue weighted by atomic mass is 10.1. The number of carbonyl (C=O) groups is 1. The van der Waals surface area contributed by atoms with Gasteiger partial charge in [0.05, 0.1) is 0 Å². The molecular formula is C18H19NO3S. The van der Waals surface area contributed by atoms with Gasteiger partial charge in [0.1, 0.15) is 16.9 Å². The van der Waals surface area contributed by atoms with E-state index in [2.05, 4.69) is 5.32 Å². The highest BCUT2D eigenvalue weighted by molar-refractivity contribution is 7.84. The van der Waals surface area contributed by atoms with E-state index < -0.39 is 10.8 Å². The van der Waals surface area contributed by atoms with Crippen molar-refractivity contribution in [2.45, 2.75) is 25.6 Å². The SMILES string of the molecule is CC(C)NC(=O)CS(=O)Cc1ccc2oc3ccccc3c2c1. The standard InChI is InChI=1S/C18H19NO3S/c1-12(2)19-18(20)11-23(21)10-13-7-8-17-15(9-13)14-5-3-4-6-16(14)22-17/h3-9,12H,10-11H2,1-2H3,(H,19,20). The van der Waals surface area contributed by atoms with E-state index in [1.165, 1.54) is 0 Å². The maximum atomic E-state index is 12.2. The highest BCUT2D eigenvalue weighted by Gasteiger charge is 2.12. The molecule has 23 heavy (non-hydrogen) atoms. The van der Waals surface area contributed by atoms with Crippen LogP contribution in [-0.2, 0) is 21.3 Å². The van der Waals surface area contributed by atoms with Crippen LogP contribution in [0.4, 0.5) is 0 Å². The molecule has 0 aliphatic rings. The zero-order chi connectivity index (χ0) is 16.4. The first-order chi connectivity index (χ1) is 11.0. The van der Waals surface area contributed by atoms with Gasteiger partial charge >= 0.3 is 0 Å². The van der Waals surface area contributed by atoms with Crippen LogP contribution in [0.1, 0.15) is 19.4 Å². The molecule has 4 nitrogen and oxygen atoms in total. The summed E-state index contributed by atoms with van der Waals surface area (Å²) in [5.74, 6) is 0.219. The third-order valence-corrected chi connectivity index (χ3v) is 4.75. The van der Waals surface area contributed by atoms with E-state index in [1.54, 1.807) is 0 Å². The predicted octanol–water partition coefficient (Wildman–Crippen LogP) is 3.36. The number of hydrogen-bond donors (Lipinski definition) is 1. The van der Waals surface area contributed by atoms with Gasteiger partial charge in [0.15, 0.2) is 0 Å². The molecule has 0 fully saturated rings. The summed E-state index contributed by atoms with van der Waals surface area (Å²) in [5, 5.41) is 4.83. The molecule has 1 heterocycles. The van der Waals surface area contributed by atoms with Crippen molar-refractivity contribution < 1.29 is 13.4 Å². The molecule has 0 radical (unpaired) electrons. The molecule has 1 N–H and O–H groups in total. The van der Waals surface area contributed by atoms with E-state index in [4.69, 9.17) is 4.42 Å². The van der Waals surface area contributed by atoms with E-state index >= 15 is 0 Å². The fraction of sp³-hybridized carbons (Fsp3) is 0.278. The van der Waals surface area contributed by atoms with E-state index in [0.717, 1.165) is 27.5 Å². The van der Waals surface area contributed by atoms with Gasteiger partial charge in [0, 0.05) is 33.4 Å². The van der Waals surface area contributed by atoms with Gasteiger partial charge in [-0.3, -0.25) is 9.00 Å². The second kappa shape index (κ2) is 6.54. The third-order valence-electron chi connectivity index (χ3n) is 3.51. The number of benzene rings is 2. The normalized spacial score (nSPS) is 12.8. The van der Waals surface area contributed by atoms with Crippen molar-refractivity contribution in [1.82, 2.24) is 5.32 Å². The monoisotopic (exact) mass is 329 g/mol. The first kappa shape index (κ1) is 15.7. The summed E-state index contributed by atoms with van der Waals surface area (Å²) in [5.41, 5.74) is 2.61. The first-order valence-corrected chi connectivity index (χ1v) is 9.06. The maximum absolute atomic E-state index is 12.2. The molecule has 0 aliphatic heterocycles. The van der Waals surface area contributed by atoms with E-state index in [1.807, 2.05) is 56.3 Å². The molecule has 0 saturated heterocycles. The first-order valence-electron chi connectivity index (χ1n) is 7.57. The Morgan fingerprint density at radius 2 is 1.87 bits per heavy atom. The van der Waals surface area contributed by atoms with Gasteiger partial charge < -0.3 is 9.73 Å². The summed E-state index contributed by atoms with van der Waals surface area (Å²) in [6, 6.07) is 13.7. The average Bonchev–Trinajstić information content (AvgIpc) is 2.84. The number of fused-ring (bicyclic) bond motifs is 3. The van der Waals surface area contributed by atoms with Crippen LogP contribution >= 0.6 is 0 Å². The summed E-state index contributed by atoms with van der Waals surface area (Å²) in [6.07, 6.45) is 0. The number of rotatable bonds is 5. The number of furan rings is 1. The molecule has 0 bridgehead atoms. The molecule has 1 aromatic heterocycles. The lowest BCUT2D eigenvalue weighted by Gasteiger charge is -2.08. The van der Waals surface area contributed by atoms with Gasteiger partial charge in [-0.25, -0.2) is 0 Å². The van der Waals surface area contributed by atoms with E-state index in [9.17, 15) is 9.00 Å². The van der Waals surface area contributed by atoms with E-state index in [0.29, 0.717) is 5.75 Å². The number of amides is 1. The van der Waals surface area contributed by atoms with Crippen LogP contribution in [0.25, 0.3) is 21.9 Å². The highest BCUT2D eigenvalue weighted by Crippen LogP contribution is 2.29. The molecule has 120 valence electrons. The second-order valence-electron chi connectivity index (χ2n) is 5.88.